The summed E-state index contributed by atoms with van der Waals surface area (Å²) in [6, 6.07) is -1.25. The van der Waals surface area contributed by atoms with Crippen LogP contribution in [0.25, 0.3) is 0 Å². The van der Waals surface area contributed by atoms with Crippen molar-refractivity contribution in [3.8, 4) is 0 Å². The number of hydrogen-bond acceptors (Lipinski definition) is 4. The summed E-state index contributed by atoms with van der Waals surface area (Å²) in [6.45, 7) is 7.28. The van der Waals surface area contributed by atoms with Gasteiger partial charge in [0.25, 0.3) is 0 Å². The third-order valence-electron chi connectivity index (χ3n) is 2.02. The first-order valence-corrected chi connectivity index (χ1v) is 5.12. The van der Waals surface area contributed by atoms with Crippen LogP contribution in [0.15, 0.2) is 0 Å². The highest BCUT2D eigenvalue weighted by Crippen LogP contribution is 1.99. The van der Waals surface area contributed by atoms with Gasteiger partial charge in [0.05, 0.1) is 12.6 Å². The van der Waals surface area contributed by atoms with Crippen LogP contribution in [-0.4, -0.2) is 30.6 Å². The Bertz CT molecular complexity index is 229. The quantitative estimate of drug-likeness (QED) is 0.636. The molecule has 0 rings (SSSR count). The van der Waals surface area contributed by atoms with Crippen LogP contribution in [0.3, 0.4) is 0 Å². The third-order valence-corrected chi connectivity index (χ3v) is 2.02. The number of ether oxygens (including phenoxy) is 1. The molecule has 0 fully saturated rings. The highest BCUT2D eigenvalue weighted by Gasteiger charge is 2.22. The van der Waals surface area contributed by atoms with Gasteiger partial charge in [-0.15, -0.1) is 0 Å². The molecule has 3 N–H and O–H groups in total. The molecule has 0 bridgehead atoms. The molecule has 0 radical (unpaired) electrons. The third kappa shape index (κ3) is 4.78. The average molecular weight is 216 g/mol. The Balaban J connectivity index is 4.12. The summed E-state index contributed by atoms with van der Waals surface area (Å²) in [5.74, 6) is -0.730. The Morgan fingerprint density at radius 3 is 2.27 bits per heavy atom. The summed E-state index contributed by atoms with van der Waals surface area (Å²) in [7, 11) is 0. The van der Waals surface area contributed by atoms with Crippen LogP contribution in [-0.2, 0) is 14.3 Å². The number of nitrogens with two attached hydrogens (primary N) is 1. The van der Waals surface area contributed by atoms with Crippen LogP contribution in [0.5, 0.6) is 0 Å². The Morgan fingerprint density at radius 1 is 1.33 bits per heavy atom. The zero-order valence-electron chi connectivity index (χ0n) is 9.74. The van der Waals surface area contributed by atoms with Gasteiger partial charge in [-0.3, -0.25) is 4.79 Å². The first-order valence-electron chi connectivity index (χ1n) is 5.12. The van der Waals surface area contributed by atoms with Crippen LogP contribution in [0.2, 0.25) is 0 Å². The van der Waals surface area contributed by atoms with E-state index in [1.807, 2.05) is 13.8 Å². The van der Waals surface area contributed by atoms with Crippen LogP contribution >= 0.6 is 0 Å². The minimum absolute atomic E-state index is 0.0411. The zero-order valence-corrected chi connectivity index (χ0v) is 9.74. The molecule has 88 valence electrons. The number of carbonyl (C=O) groups is 2. The highest BCUT2D eigenvalue weighted by atomic mass is 16.5. The molecule has 0 heterocycles. The fourth-order valence-corrected chi connectivity index (χ4v) is 0.939. The first kappa shape index (κ1) is 13.9. The predicted molar refractivity (Wildman–Crippen MR) is 57.1 cm³/mol. The van der Waals surface area contributed by atoms with Crippen LogP contribution in [0.4, 0.5) is 0 Å². The highest BCUT2D eigenvalue weighted by molar-refractivity contribution is 5.87. The summed E-state index contributed by atoms with van der Waals surface area (Å²) in [6.07, 6.45) is 0. The maximum Gasteiger partial charge on any atom is 0.328 e. The van der Waals surface area contributed by atoms with Crippen molar-refractivity contribution in [3.05, 3.63) is 0 Å². The topological polar surface area (TPSA) is 81.4 Å². The minimum Gasteiger partial charge on any atom is -0.464 e. The monoisotopic (exact) mass is 216 g/mol. The fraction of sp³-hybridized carbons (Fsp3) is 0.800. The van der Waals surface area contributed by atoms with Crippen molar-refractivity contribution in [3.63, 3.8) is 0 Å². The van der Waals surface area contributed by atoms with Gasteiger partial charge >= 0.3 is 5.97 Å². The second kappa shape index (κ2) is 6.40. The number of nitrogens with one attached hydrogen (secondary N) is 1. The zero-order chi connectivity index (χ0) is 12.0. The van der Waals surface area contributed by atoms with Crippen molar-refractivity contribution in [2.24, 2.45) is 11.7 Å². The molecule has 5 heteroatoms. The Kier molecular flexibility index (Phi) is 5.93. The molecule has 0 aromatic heterocycles. The van der Waals surface area contributed by atoms with Crippen molar-refractivity contribution in [1.82, 2.24) is 5.32 Å². The molecule has 0 aromatic rings. The smallest absolute Gasteiger partial charge is 0.328 e. The van der Waals surface area contributed by atoms with Crippen molar-refractivity contribution in [2.75, 3.05) is 6.61 Å². The van der Waals surface area contributed by atoms with Crippen molar-refractivity contribution < 1.29 is 14.3 Å². The van der Waals surface area contributed by atoms with Crippen molar-refractivity contribution in [1.29, 1.82) is 0 Å². The standard InChI is InChI=1S/C10H20N2O3/c1-5-15-10(14)7(4)12-9(13)8(11)6(2)3/h6-8H,5,11H2,1-4H3,(H,12,13)/t7-,8-/m1/s1. The molecular weight excluding hydrogens is 196 g/mol. The van der Waals surface area contributed by atoms with Gasteiger partial charge in [-0.1, -0.05) is 13.8 Å². The van der Waals surface area contributed by atoms with E-state index in [2.05, 4.69) is 5.32 Å². The number of carbonyl (C=O) groups excluding carboxylic acids is 2. The molecule has 1 amide bonds. The number of esters is 1. The Labute approximate surface area is 90.4 Å². The number of rotatable bonds is 5. The molecule has 0 aliphatic rings. The van der Waals surface area contributed by atoms with Crippen LogP contribution in [0.1, 0.15) is 27.7 Å². The maximum absolute atomic E-state index is 11.5. The molecule has 0 aliphatic carbocycles. The molecule has 0 aliphatic heterocycles. The van der Waals surface area contributed by atoms with E-state index in [1.54, 1.807) is 13.8 Å². The van der Waals surface area contributed by atoms with Gasteiger partial charge in [0, 0.05) is 0 Å². The van der Waals surface area contributed by atoms with Crippen molar-refractivity contribution >= 4 is 11.9 Å². The van der Waals surface area contributed by atoms with E-state index in [1.165, 1.54) is 0 Å². The molecule has 0 spiro atoms. The minimum atomic E-state index is -0.651. The van der Waals surface area contributed by atoms with E-state index in [0.29, 0.717) is 6.61 Å². The van der Waals surface area contributed by atoms with Gasteiger partial charge in [0.2, 0.25) is 5.91 Å². The Morgan fingerprint density at radius 2 is 1.87 bits per heavy atom. The second-order valence-electron chi connectivity index (χ2n) is 3.75. The van der Waals surface area contributed by atoms with Gasteiger partial charge in [0.1, 0.15) is 6.04 Å². The summed E-state index contributed by atoms with van der Waals surface area (Å²) in [4.78, 5) is 22.7. The van der Waals surface area contributed by atoms with Gasteiger partial charge < -0.3 is 15.8 Å². The van der Waals surface area contributed by atoms with Crippen LogP contribution < -0.4 is 11.1 Å². The lowest BCUT2D eigenvalue weighted by Gasteiger charge is -2.18. The molecular formula is C10H20N2O3. The summed E-state index contributed by atoms with van der Waals surface area (Å²) >= 11 is 0. The van der Waals surface area contributed by atoms with Crippen LogP contribution in [0, 0.1) is 5.92 Å². The largest absolute Gasteiger partial charge is 0.464 e. The molecule has 5 nitrogen and oxygen atoms in total. The SMILES string of the molecule is CCOC(=O)[C@@H](C)NC(=O)[C@H](N)C(C)C. The van der Waals surface area contributed by atoms with E-state index in [4.69, 9.17) is 10.5 Å². The first-order chi connectivity index (χ1) is 6.90. The number of amides is 1. The normalized spacial score (nSPS) is 14.5. The fourth-order valence-electron chi connectivity index (χ4n) is 0.939. The molecule has 0 saturated heterocycles. The lowest BCUT2D eigenvalue weighted by atomic mass is 10.0. The lowest BCUT2D eigenvalue weighted by molar-refractivity contribution is -0.147. The van der Waals surface area contributed by atoms with Gasteiger partial charge in [-0.05, 0) is 19.8 Å². The molecule has 2 atom stereocenters. The predicted octanol–water partition coefficient (Wildman–Crippen LogP) is 0.0375. The van der Waals surface area contributed by atoms with Gasteiger partial charge in [0.15, 0.2) is 0 Å². The molecule has 0 aromatic carbocycles. The van der Waals surface area contributed by atoms with E-state index in [0.717, 1.165) is 0 Å². The summed E-state index contributed by atoms with van der Waals surface area (Å²) in [5, 5.41) is 2.51. The summed E-state index contributed by atoms with van der Waals surface area (Å²) < 4.78 is 4.75. The maximum atomic E-state index is 11.5. The molecule has 0 unspecified atom stereocenters. The van der Waals surface area contributed by atoms with Crippen molar-refractivity contribution in [2.45, 2.75) is 39.8 Å². The van der Waals surface area contributed by atoms with E-state index in [-0.39, 0.29) is 11.8 Å². The lowest BCUT2D eigenvalue weighted by Crippen LogP contribution is -2.49. The Hall–Kier alpha value is -1.10. The van der Waals surface area contributed by atoms with E-state index in [9.17, 15) is 9.59 Å². The summed E-state index contributed by atoms with van der Waals surface area (Å²) in [5.41, 5.74) is 5.62. The second-order valence-corrected chi connectivity index (χ2v) is 3.75. The number of hydrogen-bond donors (Lipinski definition) is 2. The molecule has 15 heavy (non-hydrogen) atoms. The van der Waals surface area contributed by atoms with E-state index < -0.39 is 18.1 Å². The van der Waals surface area contributed by atoms with Gasteiger partial charge in [-0.25, -0.2) is 4.79 Å². The van der Waals surface area contributed by atoms with E-state index >= 15 is 0 Å². The average Bonchev–Trinajstić information content (AvgIpc) is 2.16. The van der Waals surface area contributed by atoms with Gasteiger partial charge in [-0.2, -0.15) is 0 Å². The molecule has 0 saturated carbocycles.